The largest absolute Gasteiger partial charge is 0.515 e. The van der Waals surface area contributed by atoms with Gasteiger partial charge in [0.05, 0.1) is 12.9 Å². The van der Waals surface area contributed by atoms with Crippen LogP contribution >= 0.6 is 0 Å². The molecule has 3 heteroatoms. The fourth-order valence-corrected chi connectivity index (χ4v) is 2.31. The lowest BCUT2D eigenvalue weighted by atomic mass is 10.1. The summed E-state index contributed by atoms with van der Waals surface area (Å²) in [6.45, 7) is 2.96. The minimum atomic E-state index is -0.211. The van der Waals surface area contributed by atoms with Gasteiger partial charge in [-0.2, -0.15) is 0 Å². The second-order valence-corrected chi connectivity index (χ2v) is 5.53. The zero-order chi connectivity index (χ0) is 16.0. The van der Waals surface area contributed by atoms with Crippen LogP contribution in [0.1, 0.15) is 68.6 Å². The molecule has 0 fully saturated rings. The Labute approximate surface area is 134 Å². The Morgan fingerprint density at radius 2 is 1.59 bits per heavy atom. The molecule has 0 bridgehead atoms. The molecule has 0 saturated carbocycles. The second kappa shape index (κ2) is 11.8. The molecule has 0 aromatic heterocycles. The number of hydrogen-bond acceptors (Lipinski definition) is 3. The third kappa shape index (κ3) is 7.87. The maximum Gasteiger partial charge on any atom is 0.188 e. The molecule has 0 saturated heterocycles. The normalized spacial score (nSPS) is 11.0. The first-order valence-corrected chi connectivity index (χ1v) is 8.36. The third-order valence-electron chi connectivity index (χ3n) is 3.63. The van der Waals surface area contributed by atoms with E-state index in [4.69, 9.17) is 9.84 Å². The summed E-state index contributed by atoms with van der Waals surface area (Å²) in [7, 11) is 0. The van der Waals surface area contributed by atoms with Crippen LogP contribution in [0.5, 0.6) is 5.75 Å². The third-order valence-corrected chi connectivity index (χ3v) is 3.63. The van der Waals surface area contributed by atoms with Gasteiger partial charge >= 0.3 is 0 Å². The zero-order valence-corrected chi connectivity index (χ0v) is 13.6. The summed E-state index contributed by atoms with van der Waals surface area (Å²) < 4.78 is 5.67. The summed E-state index contributed by atoms with van der Waals surface area (Å²) in [6, 6.07) is 7.02. The van der Waals surface area contributed by atoms with Crippen molar-refractivity contribution in [3.8, 4) is 5.75 Å². The molecule has 0 heterocycles. The Kier molecular flexibility index (Phi) is 9.84. The van der Waals surface area contributed by atoms with Crippen LogP contribution in [-0.4, -0.2) is 17.5 Å². The van der Waals surface area contributed by atoms with Gasteiger partial charge in [-0.1, -0.05) is 51.9 Å². The molecule has 22 heavy (non-hydrogen) atoms. The molecule has 0 unspecified atom stereocenters. The molecule has 0 aliphatic heterocycles. The zero-order valence-electron chi connectivity index (χ0n) is 13.6. The van der Waals surface area contributed by atoms with Gasteiger partial charge in [0.1, 0.15) is 5.75 Å². The number of carbonyl (C=O) groups excluding carboxylic acids is 1. The first-order chi connectivity index (χ1) is 10.8. The van der Waals surface area contributed by atoms with E-state index in [-0.39, 0.29) is 5.78 Å². The summed E-state index contributed by atoms with van der Waals surface area (Å²) in [5.41, 5.74) is 0.546. The number of rotatable bonds is 12. The maximum atomic E-state index is 11.5. The fourth-order valence-electron chi connectivity index (χ4n) is 2.31. The van der Waals surface area contributed by atoms with E-state index < -0.39 is 0 Å². The minimum absolute atomic E-state index is 0.211. The van der Waals surface area contributed by atoms with Crippen LogP contribution in [0.3, 0.4) is 0 Å². The quantitative estimate of drug-likeness (QED) is 0.241. The fraction of sp³-hybridized carbons (Fsp3) is 0.526. The van der Waals surface area contributed by atoms with Gasteiger partial charge in [0.15, 0.2) is 5.78 Å². The first-order valence-electron chi connectivity index (χ1n) is 8.36. The molecule has 0 radical (unpaired) electrons. The lowest BCUT2D eigenvalue weighted by Crippen LogP contribution is -1.98. The number of allylic oxidation sites excluding steroid dienone is 1. The Hall–Kier alpha value is -1.77. The van der Waals surface area contributed by atoms with Crippen molar-refractivity contribution in [1.82, 2.24) is 0 Å². The minimum Gasteiger partial charge on any atom is -0.515 e. The SMILES string of the molecule is CCCCCCCCCCOc1ccc(C(=O)/C=C/O)cc1. The number of ether oxygens (including phenoxy) is 1. The molecule has 0 amide bonds. The highest BCUT2D eigenvalue weighted by Gasteiger charge is 2.02. The highest BCUT2D eigenvalue weighted by Crippen LogP contribution is 2.14. The molecule has 1 aromatic carbocycles. The van der Waals surface area contributed by atoms with Gasteiger partial charge in [0.25, 0.3) is 0 Å². The van der Waals surface area contributed by atoms with E-state index in [9.17, 15) is 4.79 Å². The van der Waals surface area contributed by atoms with Gasteiger partial charge in [-0.3, -0.25) is 4.79 Å². The highest BCUT2D eigenvalue weighted by molar-refractivity contribution is 6.04. The summed E-state index contributed by atoms with van der Waals surface area (Å²) >= 11 is 0. The van der Waals surface area contributed by atoms with Gasteiger partial charge in [-0.15, -0.1) is 0 Å². The molecule has 1 N–H and O–H groups in total. The number of unbranched alkanes of at least 4 members (excludes halogenated alkanes) is 7. The standard InChI is InChI=1S/C19H28O3/c1-2-3-4-5-6-7-8-9-16-22-18-12-10-17(11-13-18)19(21)14-15-20/h10-15,20H,2-9,16H2,1H3/b15-14+. The Morgan fingerprint density at radius 3 is 2.18 bits per heavy atom. The summed E-state index contributed by atoms with van der Waals surface area (Å²) in [5.74, 6) is 0.574. The van der Waals surface area contributed by atoms with Crippen molar-refractivity contribution in [3.63, 3.8) is 0 Å². The van der Waals surface area contributed by atoms with Crippen LogP contribution in [0.25, 0.3) is 0 Å². The van der Waals surface area contributed by atoms with E-state index in [0.29, 0.717) is 5.56 Å². The molecule has 0 aliphatic carbocycles. The topological polar surface area (TPSA) is 46.5 Å². The van der Waals surface area contributed by atoms with Crippen molar-refractivity contribution in [2.45, 2.75) is 58.3 Å². The van der Waals surface area contributed by atoms with Crippen molar-refractivity contribution in [2.24, 2.45) is 0 Å². The van der Waals surface area contributed by atoms with Crippen LogP contribution in [0.2, 0.25) is 0 Å². The number of aliphatic hydroxyl groups excluding tert-OH is 1. The Morgan fingerprint density at radius 1 is 1.00 bits per heavy atom. The van der Waals surface area contributed by atoms with E-state index in [1.165, 1.54) is 44.9 Å². The molecular weight excluding hydrogens is 276 g/mol. The van der Waals surface area contributed by atoms with Gasteiger partial charge < -0.3 is 9.84 Å². The van der Waals surface area contributed by atoms with E-state index in [1.807, 2.05) is 0 Å². The van der Waals surface area contributed by atoms with Crippen LogP contribution in [0, 0.1) is 0 Å². The van der Waals surface area contributed by atoms with Crippen molar-refractivity contribution < 1.29 is 14.6 Å². The van der Waals surface area contributed by atoms with Gasteiger partial charge in [0.2, 0.25) is 0 Å². The van der Waals surface area contributed by atoms with Crippen molar-refractivity contribution in [2.75, 3.05) is 6.61 Å². The monoisotopic (exact) mass is 304 g/mol. The average Bonchev–Trinajstić information content (AvgIpc) is 2.54. The van der Waals surface area contributed by atoms with E-state index in [0.717, 1.165) is 31.1 Å². The molecule has 0 aliphatic rings. The lowest BCUT2D eigenvalue weighted by molar-refractivity contribution is 0.104. The summed E-state index contributed by atoms with van der Waals surface area (Å²) in [5, 5.41) is 8.57. The smallest absolute Gasteiger partial charge is 0.188 e. The van der Waals surface area contributed by atoms with Crippen LogP contribution < -0.4 is 4.74 Å². The van der Waals surface area contributed by atoms with Crippen LogP contribution in [0.15, 0.2) is 36.6 Å². The number of ketones is 1. The number of benzene rings is 1. The molecule has 1 aromatic rings. The van der Waals surface area contributed by atoms with Crippen LogP contribution in [-0.2, 0) is 0 Å². The van der Waals surface area contributed by atoms with Gasteiger partial charge in [-0.25, -0.2) is 0 Å². The predicted molar refractivity (Wildman–Crippen MR) is 90.6 cm³/mol. The molecule has 0 spiro atoms. The molecular formula is C19H28O3. The number of aliphatic hydroxyl groups is 1. The maximum absolute atomic E-state index is 11.5. The first kappa shape index (κ1) is 18.3. The average molecular weight is 304 g/mol. The van der Waals surface area contributed by atoms with Crippen molar-refractivity contribution in [1.29, 1.82) is 0 Å². The summed E-state index contributed by atoms with van der Waals surface area (Å²) in [4.78, 5) is 11.5. The van der Waals surface area contributed by atoms with E-state index >= 15 is 0 Å². The van der Waals surface area contributed by atoms with E-state index in [1.54, 1.807) is 24.3 Å². The Bertz CT molecular complexity index is 434. The lowest BCUT2D eigenvalue weighted by Gasteiger charge is -2.06. The van der Waals surface area contributed by atoms with E-state index in [2.05, 4.69) is 6.92 Å². The molecule has 1 rings (SSSR count). The van der Waals surface area contributed by atoms with Crippen molar-refractivity contribution >= 4 is 5.78 Å². The molecule has 122 valence electrons. The predicted octanol–water partition coefficient (Wildman–Crippen LogP) is 5.46. The van der Waals surface area contributed by atoms with Gasteiger partial charge in [-0.05, 0) is 30.7 Å². The second-order valence-electron chi connectivity index (χ2n) is 5.53. The van der Waals surface area contributed by atoms with Crippen molar-refractivity contribution in [3.05, 3.63) is 42.2 Å². The molecule has 0 atom stereocenters. The van der Waals surface area contributed by atoms with Crippen LogP contribution in [0.4, 0.5) is 0 Å². The Balaban J connectivity index is 2.11. The summed E-state index contributed by atoms with van der Waals surface area (Å²) in [6.07, 6.45) is 12.2. The number of carbonyl (C=O) groups is 1. The highest BCUT2D eigenvalue weighted by atomic mass is 16.5. The van der Waals surface area contributed by atoms with Gasteiger partial charge in [0, 0.05) is 11.6 Å². The number of hydrogen-bond donors (Lipinski definition) is 1. The molecule has 3 nitrogen and oxygen atoms in total.